The molecule has 0 aliphatic rings. The molecule has 0 unspecified atom stereocenters. The molecule has 0 spiro atoms. The number of nitrogens with zero attached hydrogens (tertiary/aromatic N) is 1. The first kappa shape index (κ1) is 6.84. The number of aromatic amines is 2. The quantitative estimate of drug-likeness (QED) is 0.648. The molecule has 2 N–H and O–H groups in total. The highest BCUT2D eigenvalue weighted by molar-refractivity contribution is 5.56. The maximum atomic E-state index is 10.8. The summed E-state index contributed by atoms with van der Waals surface area (Å²) in [6, 6.07) is 3.63. The second-order valence-electron chi connectivity index (χ2n) is 2.39. The van der Waals surface area contributed by atoms with Crippen LogP contribution in [0.1, 0.15) is 0 Å². The normalized spacial score (nSPS) is 10.0. The van der Waals surface area contributed by atoms with E-state index in [2.05, 4.69) is 15.0 Å². The van der Waals surface area contributed by atoms with Crippen LogP contribution in [0.3, 0.4) is 0 Å². The fourth-order valence-electron chi connectivity index (χ4n) is 1.03. The van der Waals surface area contributed by atoms with Crippen LogP contribution in [0.25, 0.3) is 11.3 Å². The molecular formula is C8H7N3O. The van der Waals surface area contributed by atoms with E-state index < -0.39 is 0 Å². The Morgan fingerprint density at radius 2 is 2.25 bits per heavy atom. The molecule has 2 aromatic rings. The summed E-state index contributed by atoms with van der Waals surface area (Å²) in [5.74, 6) is 0. The lowest BCUT2D eigenvalue weighted by Gasteiger charge is -1.93. The molecule has 0 radical (unpaired) electrons. The lowest BCUT2D eigenvalue weighted by molar-refractivity contribution is 1.08. The zero-order valence-electron chi connectivity index (χ0n) is 6.24. The highest BCUT2D eigenvalue weighted by atomic mass is 16.1. The molecule has 0 fully saturated rings. The van der Waals surface area contributed by atoms with E-state index in [0.717, 1.165) is 11.3 Å². The van der Waals surface area contributed by atoms with E-state index in [-0.39, 0.29) is 5.69 Å². The molecule has 0 saturated carbocycles. The van der Waals surface area contributed by atoms with Crippen molar-refractivity contribution in [3.63, 3.8) is 0 Å². The third-order valence-electron chi connectivity index (χ3n) is 1.58. The molecule has 0 bridgehead atoms. The predicted molar refractivity (Wildman–Crippen MR) is 44.6 cm³/mol. The second kappa shape index (κ2) is 2.65. The summed E-state index contributed by atoms with van der Waals surface area (Å²) in [5.41, 5.74) is 1.40. The van der Waals surface area contributed by atoms with Gasteiger partial charge in [0.2, 0.25) is 0 Å². The highest BCUT2D eigenvalue weighted by Crippen LogP contribution is 2.12. The Balaban J connectivity index is 2.55. The SMILES string of the molecule is O=c1nccc(-c2cc[nH]c2)[nH]1. The Labute approximate surface area is 68.3 Å². The first-order valence-electron chi connectivity index (χ1n) is 3.55. The number of rotatable bonds is 1. The number of H-pyrrole nitrogens is 2. The van der Waals surface area contributed by atoms with Gasteiger partial charge in [-0.2, -0.15) is 0 Å². The van der Waals surface area contributed by atoms with E-state index in [1.54, 1.807) is 12.3 Å². The maximum Gasteiger partial charge on any atom is 0.345 e. The van der Waals surface area contributed by atoms with Crippen molar-refractivity contribution < 1.29 is 0 Å². The number of hydrogen-bond donors (Lipinski definition) is 2. The van der Waals surface area contributed by atoms with Crippen LogP contribution in [-0.2, 0) is 0 Å². The Bertz CT molecular complexity index is 416. The van der Waals surface area contributed by atoms with Crippen molar-refractivity contribution in [2.45, 2.75) is 0 Å². The molecule has 0 amide bonds. The van der Waals surface area contributed by atoms with E-state index in [9.17, 15) is 4.79 Å². The summed E-state index contributed by atoms with van der Waals surface area (Å²) in [7, 11) is 0. The maximum absolute atomic E-state index is 10.8. The third-order valence-corrected chi connectivity index (χ3v) is 1.58. The zero-order valence-corrected chi connectivity index (χ0v) is 6.24. The van der Waals surface area contributed by atoms with Crippen molar-refractivity contribution in [3.8, 4) is 11.3 Å². The topological polar surface area (TPSA) is 61.5 Å². The number of aromatic nitrogens is 3. The van der Waals surface area contributed by atoms with Crippen molar-refractivity contribution in [3.05, 3.63) is 41.2 Å². The molecule has 0 atom stereocenters. The minimum Gasteiger partial charge on any atom is -0.367 e. The predicted octanol–water partition coefficient (Wildman–Crippen LogP) is 0.765. The molecule has 2 heterocycles. The summed E-state index contributed by atoms with van der Waals surface area (Å²) in [6.07, 6.45) is 5.10. The monoisotopic (exact) mass is 161 g/mol. The minimum atomic E-state index is -0.325. The van der Waals surface area contributed by atoms with Gasteiger partial charge >= 0.3 is 5.69 Å². The molecule has 0 aromatic carbocycles. The van der Waals surface area contributed by atoms with Gasteiger partial charge in [0.15, 0.2) is 0 Å². The third kappa shape index (κ3) is 1.14. The summed E-state index contributed by atoms with van der Waals surface area (Å²) >= 11 is 0. The largest absolute Gasteiger partial charge is 0.367 e. The smallest absolute Gasteiger partial charge is 0.345 e. The molecule has 4 nitrogen and oxygen atoms in total. The Hall–Kier alpha value is -1.84. The van der Waals surface area contributed by atoms with Crippen LogP contribution in [0.15, 0.2) is 35.5 Å². The van der Waals surface area contributed by atoms with Gasteiger partial charge in [-0.3, -0.25) is 0 Å². The Morgan fingerprint density at radius 3 is 2.92 bits per heavy atom. The minimum absolute atomic E-state index is 0.325. The van der Waals surface area contributed by atoms with Crippen molar-refractivity contribution >= 4 is 0 Å². The van der Waals surface area contributed by atoms with Gasteiger partial charge in [-0.15, -0.1) is 0 Å². The first-order chi connectivity index (χ1) is 5.86. The van der Waals surface area contributed by atoms with Crippen LogP contribution in [0.5, 0.6) is 0 Å². The average Bonchev–Trinajstić information content (AvgIpc) is 2.56. The molecule has 12 heavy (non-hydrogen) atoms. The fraction of sp³-hybridized carbons (Fsp3) is 0. The summed E-state index contributed by atoms with van der Waals surface area (Å²) in [4.78, 5) is 19.9. The average molecular weight is 161 g/mol. The summed E-state index contributed by atoms with van der Waals surface area (Å²) in [5, 5.41) is 0. The van der Waals surface area contributed by atoms with Gasteiger partial charge in [0.05, 0.1) is 5.69 Å². The second-order valence-corrected chi connectivity index (χ2v) is 2.39. The molecule has 0 aliphatic carbocycles. The van der Waals surface area contributed by atoms with Gasteiger partial charge in [0.25, 0.3) is 0 Å². The molecular weight excluding hydrogens is 154 g/mol. The number of nitrogens with one attached hydrogen (secondary N) is 2. The molecule has 0 aliphatic heterocycles. The van der Waals surface area contributed by atoms with Crippen molar-refractivity contribution in [2.24, 2.45) is 0 Å². The van der Waals surface area contributed by atoms with Crippen LogP contribution < -0.4 is 5.69 Å². The Morgan fingerprint density at radius 1 is 1.33 bits per heavy atom. The van der Waals surface area contributed by atoms with Gasteiger partial charge in [-0.25, -0.2) is 9.78 Å². The molecule has 60 valence electrons. The summed E-state index contributed by atoms with van der Waals surface area (Å²) in [6.45, 7) is 0. The van der Waals surface area contributed by atoms with E-state index >= 15 is 0 Å². The lowest BCUT2D eigenvalue weighted by Crippen LogP contribution is -2.08. The molecule has 2 rings (SSSR count). The molecule has 4 heteroatoms. The van der Waals surface area contributed by atoms with Crippen LogP contribution >= 0.6 is 0 Å². The van der Waals surface area contributed by atoms with Gasteiger partial charge in [-0.05, 0) is 12.1 Å². The van der Waals surface area contributed by atoms with Crippen LogP contribution in [-0.4, -0.2) is 15.0 Å². The number of hydrogen-bond acceptors (Lipinski definition) is 2. The highest BCUT2D eigenvalue weighted by Gasteiger charge is 1.96. The van der Waals surface area contributed by atoms with Crippen molar-refractivity contribution in [2.75, 3.05) is 0 Å². The fourth-order valence-corrected chi connectivity index (χ4v) is 1.03. The van der Waals surface area contributed by atoms with Gasteiger partial charge in [0, 0.05) is 24.2 Å². The van der Waals surface area contributed by atoms with Gasteiger partial charge < -0.3 is 9.97 Å². The first-order valence-corrected chi connectivity index (χ1v) is 3.55. The van der Waals surface area contributed by atoms with Gasteiger partial charge in [-0.1, -0.05) is 0 Å². The van der Waals surface area contributed by atoms with Gasteiger partial charge in [0.1, 0.15) is 0 Å². The van der Waals surface area contributed by atoms with Crippen LogP contribution in [0.4, 0.5) is 0 Å². The van der Waals surface area contributed by atoms with E-state index in [1.807, 2.05) is 12.3 Å². The Kier molecular flexibility index (Phi) is 1.51. The summed E-state index contributed by atoms with van der Waals surface area (Å²) < 4.78 is 0. The van der Waals surface area contributed by atoms with E-state index in [4.69, 9.17) is 0 Å². The van der Waals surface area contributed by atoms with Crippen molar-refractivity contribution in [1.82, 2.24) is 15.0 Å². The molecule has 0 saturated heterocycles. The van der Waals surface area contributed by atoms with Crippen LogP contribution in [0.2, 0.25) is 0 Å². The van der Waals surface area contributed by atoms with Crippen LogP contribution in [0, 0.1) is 0 Å². The standard InChI is InChI=1S/C8H7N3O/c12-8-10-4-2-7(11-8)6-1-3-9-5-6/h1-5,9H,(H,10,11,12). The zero-order chi connectivity index (χ0) is 8.39. The molecule has 2 aromatic heterocycles. The van der Waals surface area contributed by atoms with Crippen molar-refractivity contribution in [1.29, 1.82) is 0 Å². The lowest BCUT2D eigenvalue weighted by atomic mass is 10.2. The van der Waals surface area contributed by atoms with E-state index in [0.29, 0.717) is 0 Å². The van der Waals surface area contributed by atoms with E-state index in [1.165, 1.54) is 6.20 Å².